The molecule has 0 saturated carbocycles. The van der Waals surface area contributed by atoms with Crippen LogP contribution >= 0.6 is 0 Å². The molecule has 0 aliphatic carbocycles. The van der Waals surface area contributed by atoms with Gasteiger partial charge in [-0.1, -0.05) is 6.07 Å². The maximum atomic E-state index is 12.0. The quantitative estimate of drug-likeness (QED) is 0.767. The van der Waals surface area contributed by atoms with Gasteiger partial charge in [0.25, 0.3) is 17.7 Å². The van der Waals surface area contributed by atoms with Gasteiger partial charge in [0.1, 0.15) is 0 Å². The lowest BCUT2D eigenvalue weighted by molar-refractivity contribution is 0.0843. The number of carbonyl (C=O) groups excluding carboxylic acids is 3. The van der Waals surface area contributed by atoms with Crippen LogP contribution in [0.4, 0.5) is 0 Å². The van der Waals surface area contributed by atoms with Gasteiger partial charge in [-0.15, -0.1) is 0 Å². The van der Waals surface area contributed by atoms with E-state index in [1.54, 1.807) is 31.3 Å². The molecule has 0 fully saturated rings. The Hall–Kier alpha value is -2.69. The molecule has 1 aliphatic rings. The van der Waals surface area contributed by atoms with Crippen molar-refractivity contribution in [2.45, 2.75) is 6.92 Å². The van der Waals surface area contributed by atoms with Crippen LogP contribution in [0.5, 0.6) is 0 Å². The molecule has 5 heteroatoms. The highest BCUT2D eigenvalue weighted by molar-refractivity contribution is 6.28. The maximum absolute atomic E-state index is 12.0. The van der Waals surface area contributed by atoms with Crippen molar-refractivity contribution in [1.82, 2.24) is 10.6 Å². The van der Waals surface area contributed by atoms with Crippen LogP contribution in [0.15, 0.2) is 24.3 Å². The van der Waals surface area contributed by atoms with Crippen LogP contribution in [0.3, 0.4) is 0 Å². The fourth-order valence-electron chi connectivity index (χ4n) is 2.61. The minimum Gasteiger partial charge on any atom is -0.355 e. The minimum atomic E-state index is -0.429. The SMILES string of the molecule is CNC(=O)c1ccc2c3c(ccc(C)c13)C(=O)NC2=O. The van der Waals surface area contributed by atoms with Crippen molar-refractivity contribution in [1.29, 1.82) is 0 Å². The highest BCUT2D eigenvalue weighted by Gasteiger charge is 2.27. The first-order valence-corrected chi connectivity index (χ1v) is 6.18. The number of rotatable bonds is 1. The zero-order valence-electron chi connectivity index (χ0n) is 11.0. The Labute approximate surface area is 115 Å². The third-order valence-electron chi connectivity index (χ3n) is 3.56. The summed E-state index contributed by atoms with van der Waals surface area (Å²) in [6.07, 6.45) is 0. The Balaban J connectivity index is 2.51. The summed E-state index contributed by atoms with van der Waals surface area (Å²) >= 11 is 0. The fraction of sp³-hybridized carbons (Fsp3) is 0.133. The lowest BCUT2D eigenvalue weighted by Crippen LogP contribution is -2.35. The largest absolute Gasteiger partial charge is 0.355 e. The molecule has 0 saturated heterocycles. The van der Waals surface area contributed by atoms with E-state index in [4.69, 9.17) is 0 Å². The molecule has 3 amide bonds. The van der Waals surface area contributed by atoms with Crippen molar-refractivity contribution in [3.05, 3.63) is 46.5 Å². The van der Waals surface area contributed by atoms with Gasteiger partial charge < -0.3 is 5.32 Å². The molecule has 0 aromatic heterocycles. The number of carbonyl (C=O) groups is 3. The molecule has 2 N–H and O–H groups in total. The van der Waals surface area contributed by atoms with Gasteiger partial charge in [-0.05, 0) is 36.1 Å². The Morgan fingerprint density at radius 1 is 1.00 bits per heavy atom. The predicted octanol–water partition coefficient (Wildman–Crippen LogP) is 1.39. The van der Waals surface area contributed by atoms with Crippen molar-refractivity contribution in [3.63, 3.8) is 0 Å². The standard InChI is InChI=1S/C15H12N2O3/c1-7-3-4-9-12-10(15(20)17-14(9)19)6-5-8(11(7)12)13(18)16-2/h3-6H,1-2H3,(H,16,18)(H,17,19,20). The zero-order chi connectivity index (χ0) is 14.4. The molecule has 0 spiro atoms. The van der Waals surface area contributed by atoms with Crippen LogP contribution in [0, 0.1) is 6.92 Å². The molecular formula is C15H12N2O3. The molecule has 2 aromatic rings. The molecule has 0 unspecified atom stereocenters. The van der Waals surface area contributed by atoms with E-state index >= 15 is 0 Å². The number of aryl methyl sites for hydroxylation is 1. The Bertz CT molecular complexity index is 773. The van der Waals surface area contributed by atoms with Crippen molar-refractivity contribution < 1.29 is 14.4 Å². The molecule has 0 radical (unpaired) electrons. The smallest absolute Gasteiger partial charge is 0.258 e. The van der Waals surface area contributed by atoms with Crippen LogP contribution in [0.1, 0.15) is 36.6 Å². The van der Waals surface area contributed by atoms with Gasteiger partial charge >= 0.3 is 0 Å². The minimum absolute atomic E-state index is 0.241. The number of amides is 3. The van der Waals surface area contributed by atoms with Crippen molar-refractivity contribution in [2.24, 2.45) is 0 Å². The first-order chi connectivity index (χ1) is 9.54. The molecule has 5 nitrogen and oxygen atoms in total. The third kappa shape index (κ3) is 1.53. The summed E-state index contributed by atoms with van der Waals surface area (Å²) in [7, 11) is 1.55. The molecule has 1 heterocycles. The second-order valence-corrected chi connectivity index (χ2v) is 4.70. The van der Waals surface area contributed by atoms with Crippen LogP contribution in [-0.2, 0) is 0 Å². The molecule has 20 heavy (non-hydrogen) atoms. The second kappa shape index (κ2) is 4.16. The molecule has 2 aromatic carbocycles. The van der Waals surface area contributed by atoms with E-state index in [1.165, 1.54) is 0 Å². The summed E-state index contributed by atoms with van der Waals surface area (Å²) in [5.41, 5.74) is 2.16. The lowest BCUT2D eigenvalue weighted by atomic mass is 9.89. The highest BCUT2D eigenvalue weighted by Crippen LogP contribution is 2.31. The molecule has 3 rings (SSSR count). The molecule has 0 bridgehead atoms. The predicted molar refractivity (Wildman–Crippen MR) is 73.9 cm³/mol. The van der Waals surface area contributed by atoms with Crippen LogP contribution in [-0.4, -0.2) is 24.8 Å². The summed E-state index contributed by atoms with van der Waals surface area (Å²) < 4.78 is 0. The Morgan fingerprint density at radius 3 is 2.20 bits per heavy atom. The van der Waals surface area contributed by atoms with E-state index in [-0.39, 0.29) is 5.91 Å². The van der Waals surface area contributed by atoms with E-state index in [2.05, 4.69) is 10.6 Å². The molecule has 1 aliphatic heterocycles. The van der Waals surface area contributed by atoms with E-state index in [0.717, 1.165) is 5.56 Å². The zero-order valence-corrected chi connectivity index (χ0v) is 11.0. The van der Waals surface area contributed by atoms with E-state index in [9.17, 15) is 14.4 Å². The average Bonchev–Trinajstić information content (AvgIpc) is 2.44. The summed E-state index contributed by atoms with van der Waals surface area (Å²) in [4.78, 5) is 35.8. The third-order valence-corrected chi connectivity index (χ3v) is 3.56. The molecular weight excluding hydrogens is 256 g/mol. The van der Waals surface area contributed by atoms with Gasteiger partial charge in [0.15, 0.2) is 0 Å². The normalized spacial score (nSPS) is 13.3. The summed E-state index contributed by atoms with van der Waals surface area (Å²) in [6, 6.07) is 6.65. The fourth-order valence-corrected chi connectivity index (χ4v) is 2.61. The van der Waals surface area contributed by atoms with Crippen LogP contribution in [0.2, 0.25) is 0 Å². The van der Waals surface area contributed by atoms with Crippen molar-refractivity contribution >= 4 is 28.5 Å². The maximum Gasteiger partial charge on any atom is 0.258 e. The van der Waals surface area contributed by atoms with Gasteiger partial charge in [0.05, 0.1) is 0 Å². The van der Waals surface area contributed by atoms with E-state index in [0.29, 0.717) is 27.5 Å². The van der Waals surface area contributed by atoms with Crippen molar-refractivity contribution in [3.8, 4) is 0 Å². The Kier molecular flexibility index (Phi) is 2.57. The van der Waals surface area contributed by atoms with E-state index < -0.39 is 11.8 Å². The summed E-state index contributed by atoms with van der Waals surface area (Å²) in [5.74, 6) is -1.10. The van der Waals surface area contributed by atoms with Gasteiger partial charge in [0, 0.05) is 29.1 Å². The van der Waals surface area contributed by atoms with E-state index in [1.807, 2.05) is 6.92 Å². The van der Waals surface area contributed by atoms with Gasteiger partial charge in [0.2, 0.25) is 0 Å². The van der Waals surface area contributed by atoms with Gasteiger partial charge in [-0.2, -0.15) is 0 Å². The Morgan fingerprint density at radius 2 is 1.60 bits per heavy atom. The number of benzene rings is 2. The number of nitrogens with one attached hydrogen (secondary N) is 2. The van der Waals surface area contributed by atoms with Gasteiger partial charge in [-0.25, -0.2) is 0 Å². The highest BCUT2D eigenvalue weighted by atomic mass is 16.2. The summed E-state index contributed by atoms with van der Waals surface area (Å²) in [6.45, 7) is 1.85. The topological polar surface area (TPSA) is 75.3 Å². The molecule has 100 valence electrons. The second-order valence-electron chi connectivity index (χ2n) is 4.70. The van der Waals surface area contributed by atoms with Gasteiger partial charge in [-0.3, -0.25) is 19.7 Å². The first-order valence-electron chi connectivity index (χ1n) is 6.18. The first kappa shape index (κ1) is 12.3. The van der Waals surface area contributed by atoms with Crippen LogP contribution in [0.25, 0.3) is 10.8 Å². The monoisotopic (exact) mass is 268 g/mol. The number of hydrogen-bond acceptors (Lipinski definition) is 3. The lowest BCUT2D eigenvalue weighted by Gasteiger charge is -2.19. The number of imide groups is 1. The van der Waals surface area contributed by atoms with Crippen molar-refractivity contribution in [2.75, 3.05) is 7.05 Å². The molecule has 0 atom stereocenters. The van der Waals surface area contributed by atoms with Crippen LogP contribution < -0.4 is 10.6 Å². The average molecular weight is 268 g/mol. The summed E-state index contributed by atoms with van der Waals surface area (Å²) in [5, 5.41) is 6.08. The number of hydrogen-bond donors (Lipinski definition) is 2.